The second kappa shape index (κ2) is 5.59. The summed E-state index contributed by atoms with van der Waals surface area (Å²) in [5.41, 5.74) is 4.94. The zero-order valence-corrected chi connectivity index (χ0v) is 8.21. The second-order valence-corrected chi connectivity index (χ2v) is 3.64. The molecule has 2 amide bonds. The number of rotatable bonds is 7. The van der Waals surface area contributed by atoms with Crippen LogP contribution in [0.1, 0.15) is 19.3 Å². The topological polar surface area (TPSA) is 84.2 Å². The van der Waals surface area contributed by atoms with Crippen LogP contribution in [-0.4, -0.2) is 31.4 Å². The molecular weight excluding hydrogens is 182 g/mol. The molecule has 1 aliphatic carbocycles. The van der Waals surface area contributed by atoms with E-state index in [1.165, 1.54) is 12.8 Å². The molecule has 4 N–H and O–H groups in total. The highest BCUT2D eigenvalue weighted by molar-refractivity contribution is 5.78. The Kier molecular flexibility index (Phi) is 4.39. The SMILES string of the molecule is NC(=O)CCNCC(=O)NCC1CC1. The molecule has 0 heterocycles. The summed E-state index contributed by atoms with van der Waals surface area (Å²) in [6, 6.07) is 0. The summed E-state index contributed by atoms with van der Waals surface area (Å²) in [4.78, 5) is 21.5. The molecule has 1 saturated carbocycles. The minimum Gasteiger partial charge on any atom is -0.370 e. The summed E-state index contributed by atoms with van der Waals surface area (Å²) in [7, 11) is 0. The van der Waals surface area contributed by atoms with Gasteiger partial charge in [-0.3, -0.25) is 9.59 Å². The lowest BCUT2D eigenvalue weighted by atomic mass is 10.4. The van der Waals surface area contributed by atoms with Crippen LogP contribution in [0.2, 0.25) is 0 Å². The van der Waals surface area contributed by atoms with Gasteiger partial charge in [-0.15, -0.1) is 0 Å². The molecule has 0 spiro atoms. The highest BCUT2D eigenvalue weighted by Gasteiger charge is 2.21. The zero-order valence-electron chi connectivity index (χ0n) is 8.21. The van der Waals surface area contributed by atoms with Gasteiger partial charge in [0.2, 0.25) is 11.8 Å². The first kappa shape index (κ1) is 11.0. The maximum Gasteiger partial charge on any atom is 0.233 e. The highest BCUT2D eigenvalue weighted by atomic mass is 16.2. The molecule has 1 rings (SSSR count). The minimum absolute atomic E-state index is 0.0126. The molecule has 0 atom stereocenters. The highest BCUT2D eigenvalue weighted by Crippen LogP contribution is 2.27. The molecule has 1 fully saturated rings. The number of nitrogens with two attached hydrogens (primary N) is 1. The van der Waals surface area contributed by atoms with Gasteiger partial charge in [0.1, 0.15) is 0 Å². The van der Waals surface area contributed by atoms with Crippen LogP contribution in [0.4, 0.5) is 0 Å². The van der Waals surface area contributed by atoms with E-state index >= 15 is 0 Å². The summed E-state index contributed by atoms with van der Waals surface area (Å²) in [6.45, 7) is 1.52. The fourth-order valence-electron chi connectivity index (χ4n) is 1.06. The van der Waals surface area contributed by atoms with Gasteiger partial charge in [-0.05, 0) is 18.8 Å². The standard InChI is InChI=1S/C9H17N3O2/c10-8(13)3-4-11-6-9(14)12-5-7-1-2-7/h7,11H,1-6H2,(H2,10,13)(H,12,14). The molecule has 0 aromatic heterocycles. The summed E-state index contributed by atoms with van der Waals surface area (Å²) in [5.74, 6) is 0.335. The number of hydrogen-bond acceptors (Lipinski definition) is 3. The Labute approximate surface area is 83.4 Å². The Morgan fingerprint density at radius 3 is 2.64 bits per heavy atom. The number of carbonyl (C=O) groups is 2. The summed E-state index contributed by atoms with van der Waals surface area (Å²) >= 11 is 0. The van der Waals surface area contributed by atoms with Crippen molar-refractivity contribution in [2.24, 2.45) is 11.7 Å². The van der Waals surface area contributed by atoms with Gasteiger partial charge in [0, 0.05) is 19.5 Å². The van der Waals surface area contributed by atoms with Gasteiger partial charge < -0.3 is 16.4 Å². The maximum absolute atomic E-state index is 11.1. The average Bonchev–Trinajstić information content (AvgIpc) is 2.92. The third-order valence-corrected chi connectivity index (χ3v) is 2.12. The smallest absolute Gasteiger partial charge is 0.233 e. The van der Waals surface area contributed by atoms with E-state index in [0.29, 0.717) is 12.5 Å². The van der Waals surface area contributed by atoms with Crippen molar-refractivity contribution >= 4 is 11.8 Å². The molecule has 14 heavy (non-hydrogen) atoms. The van der Waals surface area contributed by atoms with Crippen LogP contribution in [0.25, 0.3) is 0 Å². The van der Waals surface area contributed by atoms with E-state index < -0.39 is 0 Å². The zero-order chi connectivity index (χ0) is 10.4. The van der Waals surface area contributed by atoms with Crippen LogP contribution in [0.15, 0.2) is 0 Å². The van der Waals surface area contributed by atoms with Crippen LogP contribution >= 0.6 is 0 Å². The van der Waals surface area contributed by atoms with Gasteiger partial charge >= 0.3 is 0 Å². The van der Waals surface area contributed by atoms with Gasteiger partial charge in [0.25, 0.3) is 0 Å². The van der Waals surface area contributed by atoms with E-state index in [9.17, 15) is 9.59 Å². The lowest BCUT2D eigenvalue weighted by molar-refractivity contribution is -0.121. The fourth-order valence-corrected chi connectivity index (χ4v) is 1.06. The largest absolute Gasteiger partial charge is 0.370 e. The normalized spacial score (nSPS) is 15.1. The van der Waals surface area contributed by atoms with Crippen LogP contribution in [0, 0.1) is 5.92 Å². The average molecular weight is 199 g/mol. The van der Waals surface area contributed by atoms with E-state index in [4.69, 9.17) is 5.73 Å². The quantitative estimate of drug-likeness (QED) is 0.459. The van der Waals surface area contributed by atoms with E-state index in [1.807, 2.05) is 0 Å². The van der Waals surface area contributed by atoms with Crippen LogP contribution < -0.4 is 16.4 Å². The Balaban J connectivity index is 1.88. The van der Waals surface area contributed by atoms with Crippen molar-refractivity contribution in [2.75, 3.05) is 19.6 Å². The van der Waals surface area contributed by atoms with Gasteiger partial charge in [0.05, 0.1) is 6.54 Å². The molecule has 0 saturated heterocycles. The Morgan fingerprint density at radius 1 is 1.36 bits per heavy atom. The molecule has 1 aliphatic rings. The first-order valence-electron chi connectivity index (χ1n) is 4.94. The molecule has 80 valence electrons. The Morgan fingerprint density at radius 2 is 2.07 bits per heavy atom. The first-order chi connectivity index (χ1) is 6.68. The van der Waals surface area contributed by atoms with Crippen molar-refractivity contribution in [3.05, 3.63) is 0 Å². The number of nitrogens with one attached hydrogen (secondary N) is 2. The second-order valence-electron chi connectivity index (χ2n) is 3.64. The van der Waals surface area contributed by atoms with Gasteiger partial charge in [0.15, 0.2) is 0 Å². The molecule has 0 aliphatic heterocycles. The number of amides is 2. The predicted molar refractivity (Wildman–Crippen MR) is 52.4 cm³/mol. The summed E-state index contributed by atoms with van der Waals surface area (Å²) < 4.78 is 0. The monoisotopic (exact) mass is 199 g/mol. The Hall–Kier alpha value is -1.10. The number of carbonyl (C=O) groups excluding carboxylic acids is 2. The number of hydrogen-bond donors (Lipinski definition) is 3. The van der Waals surface area contributed by atoms with Crippen LogP contribution in [-0.2, 0) is 9.59 Å². The molecule has 0 radical (unpaired) electrons. The van der Waals surface area contributed by atoms with Crippen molar-refractivity contribution in [2.45, 2.75) is 19.3 Å². The lowest BCUT2D eigenvalue weighted by Gasteiger charge is -2.04. The van der Waals surface area contributed by atoms with Gasteiger partial charge in [-0.25, -0.2) is 0 Å². The van der Waals surface area contributed by atoms with E-state index in [0.717, 1.165) is 6.54 Å². The summed E-state index contributed by atoms with van der Waals surface area (Å²) in [6.07, 6.45) is 2.74. The Bertz CT molecular complexity index is 214. The lowest BCUT2D eigenvalue weighted by Crippen LogP contribution is -2.36. The molecule has 0 bridgehead atoms. The van der Waals surface area contributed by atoms with Crippen molar-refractivity contribution in [1.29, 1.82) is 0 Å². The van der Waals surface area contributed by atoms with Crippen LogP contribution in [0.5, 0.6) is 0 Å². The van der Waals surface area contributed by atoms with Crippen molar-refractivity contribution < 1.29 is 9.59 Å². The van der Waals surface area contributed by atoms with E-state index in [-0.39, 0.29) is 24.8 Å². The third-order valence-electron chi connectivity index (χ3n) is 2.12. The van der Waals surface area contributed by atoms with E-state index in [1.54, 1.807) is 0 Å². The molecule has 5 nitrogen and oxygen atoms in total. The minimum atomic E-state index is -0.351. The molecular formula is C9H17N3O2. The van der Waals surface area contributed by atoms with Crippen LogP contribution in [0.3, 0.4) is 0 Å². The van der Waals surface area contributed by atoms with E-state index in [2.05, 4.69) is 10.6 Å². The molecule has 5 heteroatoms. The van der Waals surface area contributed by atoms with Crippen molar-refractivity contribution in [3.63, 3.8) is 0 Å². The molecule has 0 unspecified atom stereocenters. The molecule has 0 aromatic rings. The van der Waals surface area contributed by atoms with Crippen molar-refractivity contribution in [3.8, 4) is 0 Å². The fraction of sp³-hybridized carbons (Fsp3) is 0.778. The summed E-state index contributed by atoms with van der Waals surface area (Å²) in [5, 5.41) is 5.66. The maximum atomic E-state index is 11.1. The van der Waals surface area contributed by atoms with Gasteiger partial charge in [-0.2, -0.15) is 0 Å². The third kappa shape index (κ3) is 5.53. The van der Waals surface area contributed by atoms with Crippen molar-refractivity contribution in [1.82, 2.24) is 10.6 Å². The molecule has 0 aromatic carbocycles. The van der Waals surface area contributed by atoms with Gasteiger partial charge in [-0.1, -0.05) is 0 Å². The first-order valence-corrected chi connectivity index (χ1v) is 4.94. The predicted octanol–water partition coefficient (Wildman–Crippen LogP) is -1.02. The number of primary amides is 1.